The summed E-state index contributed by atoms with van der Waals surface area (Å²) in [6.07, 6.45) is 3.33. The standard InChI is InChI=1S/C20H19BrN4O/c1-14-20(22-23-25(14)18-11-7-16(21)8-12-18)19(26)13-6-15-4-9-17(10-5-15)24(2)3/h4-13H,1-3H3/b13-6+. The molecule has 26 heavy (non-hydrogen) atoms. The van der Waals surface area contributed by atoms with Gasteiger partial charge in [0.15, 0.2) is 5.69 Å². The molecule has 0 fully saturated rings. The molecule has 2 aromatic carbocycles. The Labute approximate surface area is 161 Å². The van der Waals surface area contributed by atoms with Gasteiger partial charge < -0.3 is 4.90 Å². The minimum Gasteiger partial charge on any atom is -0.378 e. The van der Waals surface area contributed by atoms with E-state index in [2.05, 4.69) is 26.2 Å². The smallest absolute Gasteiger partial charge is 0.208 e. The molecule has 6 heteroatoms. The van der Waals surface area contributed by atoms with Gasteiger partial charge in [0, 0.05) is 24.3 Å². The molecule has 0 saturated heterocycles. The van der Waals surface area contributed by atoms with E-state index in [-0.39, 0.29) is 5.78 Å². The van der Waals surface area contributed by atoms with Crippen molar-refractivity contribution in [2.75, 3.05) is 19.0 Å². The molecule has 0 bridgehead atoms. The molecule has 3 rings (SSSR count). The number of hydrogen-bond donors (Lipinski definition) is 0. The summed E-state index contributed by atoms with van der Waals surface area (Å²) in [5.41, 5.74) is 4.00. The molecule has 0 N–H and O–H groups in total. The summed E-state index contributed by atoms with van der Waals surface area (Å²) in [7, 11) is 3.98. The highest BCUT2D eigenvalue weighted by molar-refractivity contribution is 9.10. The molecule has 0 aliphatic rings. The first kappa shape index (κ1) is 18.1. The summed E-state index contributed by atoms with van der Waals surface area (Å²) in [6.45, 7) is 1.84. The van der Waals surface area contributed by atoms with Crippen LogP contribution in [0, 0.1) is 6.92 Å². The van der Waals surface area contributed by atoms with Gasteiger partial charge in [-0.25, -0.2) is 4.68 Å². The van der Waals surface area contributed by atoms with Crippen LogP contribution in [0.4, 0.5) is 5.69 Å². The number of anilines is 1. The molecule has 5 nitrogen and oxygen atoms in total. The van der Waals surface area contributed by atoms with Crippen LogP contribution in [0.3, 0.4) is 0 Å². The molecule has 1 aromatic heterocycles. The Morgan fingerprint density at radius 3 is 2.35 bits per heavy atom. The number of carbonyl (C=O) groups excluding carboxylic acids is 1. The maximum absolute atomic E-state index is 12.5. The summed E-state index contributed by atoms with van der Waals surface area (Å²) in [5, 5.41) is 8.17. The van der Waals surface area contributed by atoms with Crippen LogP contribution < -0.4 is 4.90 Å². The topological polar surface area (TPSA) is 51.0 Å². The quantitative estimate of drug-likeness (QED) is 0.464. The largest absolute Gasteiger partial charge is 0.378 e. The molecule has 132 valence electrons. The van der Waals surface area contributed by atoms with Crippen LogP contribution in [-0.4, -0.2) is 34.9 Å². The first-order valence-corrected chi connectivity index (χ1v) is 8.93. The van der Waals surface area contributed by atoms with Crippen molar-refractivity contribution in [3.05, 3.63) is 76.0 Å². The minimum atomic E-state index is -0.164. The van der Waals surface area contributed by atoms with Crippen molar-refractivity contribution in [3.63, 3.8) is 0 Å². The number of benzene rings is 2. The van der Waals surface area contributed by atoms with E-state index in [0.29, 0.717) is 11.4 Å². The monoisotopic (exact) mass is 410 g/mol. The third-order valence-electron chi connectivity index (χ3n) is 4.04. The number of halogens is 1. The second kappa shape index (κ2) is 7.66. The fourth-order valence-corrected chi connectivity index (χ4v) is 2.78. The Morgan fingerprint density at radius 1 is 1.08 bits per heavy atom. The van der Waals surface area contributed by atoms with Crippen LogP contribution in [0.15, 0.2) is 59.1 Å². The van der Waals surface area contributed by atoms with Crippen molar-refractivity contribution in [3.8, 4) is 5.69 Å². The Balaban J connectivity index is 1.79. The van der Waals surface area contributed by atoms with E-state index < -0.39 is 0 Å². The van der Waals surface area contributed by atoms with Gasteiger partial charge >= 0.3 is 0 Å². The van der Waals surface area contributed by atoms with Crippen LogP contribution in [0.5, 0.6) is 0 Å². The fraction of sp³-hybridized carbons (Fsp3) is 0.150. The lowest BCUT2D eigenvalue weighted by molar-refractivity contribution is 0.104. The Bertz CT molecular complexity index is 941. The average Bonchev–Trinajstić information content (AvgIpc) is 3.02. The van der Waals surface area contributed by atoms with E-state index in [0.717, 1.165) is 21.4 Å². The van der Waals surface area contributed by atoms with Crippen molar-refractivity contribution in [2.24, 2.45) is 0 Å². The van der Waals surface area contributed by atoms with E-state index >= 15 is 0 Å². The number of nitrogens with zero attached hydrogens (tertiary/aromatic N) is 4. The van der Waals surface area contributed by atoms with Gasteiger partial charge in [-0.15, -0.1) is 5.10 Å². The first-order chi connectivity index (χ1) is 12.5. The second-order valence-corrected chi connectivity index (χ2v) is 7.01. The van der Waals surface area contributed by atoms with Gasteiger partial charge in [0.2, 0.25) is 5.78 Å². The molecule has 0 unspecified atom stereocenters. The Hall–Kier alpha value is -2.73. The highest BCUT2D eigenvalue weighted by Gasteiger charge is 2.15. The number of rotatable bonds is 5. The summed E-state index contributed by atoms with van der Waals surface area (Å²) >= 11 is 3.41. The van der Waals surface area contributed by atoms with Crippen LogP contribution in [0.1, 0.15) is 21.7 Å². The molecular weight excluding hydrogens is 392 g/mol. The van der Waals surface area contributed by atoms with E-state index in [1.165, 1.54) is 6.08 Å². The second-order valence-electron chi connectivity index (χ2n) is 6.10. The molecule has 0 saturated carbocycles. The minimum absolute atomic E-state index is 0.164. The van der Waals surface area contributed by atoms with E-state index in [1.54, 1.807) is 10.8 Å². The maximum atomic E-state index is 12.5. The lowest BCUT2D eigenvalue weighted by Gasteiger charge is -2.11. The molecule has 3 aromatic rings. The number of carbonyl (C=O) groups is 1. The maximum Gasteiger partial charge on any atom is 0.208 e. The summed E-state index contributed by atoms with van der Waals surface area (Å²) in [4.78, 5) is 14.5. The van der Waals surface area contributed by atoms with E-state index in [9.17, 15) is 4.79 Å². The van der Waals surface area contributed by atoms with Gasteiger partial charge in [-0.2, -0.15) is 0 Å². The molecule has 0 spiro atoms. The molecule has 0 amide bonds. The van der Waals surface area contributed by atoms with Crippen molar-refractivity contribution < 1.29 is 4.79 Å². The highest BCUT2D eigenvalue weighted by Crippen LogP contribution is 2.17. The third kappa shape index (κ3) is 3.91. The molecule has 0 aliphatic carbocycles. The normalized spacial score (nSPS) is 11.1. The van der Waals surface area contributed by atoms with Crippen molar-refractivity contribution in [1.29, 1.82) is 0 Å². The Kier molecular flexibility index (Phi) is 5.32. The third-order valence-corrected chi connectivity index (χ3v) is 4.56. The predicted molar refractivity (Wildman–Crippen MR) is 108 cm³/mol. The number of hydrogen-bond acceptors (Lipinski definition) is 4. The van der Waals surface area contributed by atoms with Crippen molar-refractivity contribution >= 4 is 33.5 Å². The van der Waals surface area contributed by atoms with Crippen molar-refractivity contribution in [2.45, 2.75) is 6.92 Å². The molecule has 0 atom stereocenters. The Morgan fingerprint density at radius 2 is 1.73 bits per heavy atom. The zero-order valence-corrected chi connectivity index (χ0v) is 16.4. The van der Waals surface area contributed by atoms with Crippen molar-refractivity contribution in [1.82, 2.24) is 15.0 Å². The number of allylic oxidation sites excluding steroid dienone is 1. The summed E-state index contributed by atoms with van der Waals surface area (Å²) in [5.74, 6) is -0.164. The van der Waals surface area contributed by atoms with Crippen LogP contribution in [-0.2, 0) is 0 Å². The lowest BCUT2D eigenvalue weighted by atomic mass is 10.1. The van der Waals surface area contributed by atoms with Gasteiger partial charge in [-0.3, -0.25) is 4.79 Å². The predicted octanol–water partition coefficient (Wildman–Crippen LogP) is 4.30. The van der Waals surface area contributed by atoms with Crippen LogP contribution in [0.25, 0.3) is 11.8 Å². The molecule has 0 aliphatic heterocycles. The zero-order chi connectivity index (χ0) is 18.7. The van der Waals surface area contributed by atoms with E-state index in [4.69, 9.17) is 0 Å². The molecule has 0 radical (unpaired) electrons. The van der Waals surface area contributed by atoms with Gasteiger partial charge in [-0.1, -0.05) is 39.4 Å². The highest BCUT2D eigenvalue weighted by atomic mass is 79.9. The summed E-state index contributed by atoms with van der Waals surface area (Å²) < 4.78 is 2.65. The van der Waals surface area contributed by atoms with E-state index in [1.807, 2.05) is 74.4 Å². The van der Waals surface area contributed by atoms with Gasteiger partial charge in [-0.05, 0) is 55.0 Å². The molecular formula is C20H19BrN4O. The first-order valence-electron chi connectivity index (χ1n) is 8.14. The lowest BCUT2D eigenvalue weighted by Crippen LogP contribution is -2.07. The zero-order valence-electron chi connectivity index (χ0n) is 14.8. The van der Waals surface area contributed by atoms with Gasteiger partial charge in [0.25, 0.3) is 0 Å². The van der Waals surface area contributed by atoms with Gasteiger partial charge in [0.1, 0.15) is 0 Å². The van der Waals surface area contributed by atoms with Crippen LogP contribution in [0.2, 0.25) is 0 Å². The SMILES string of the molecule is Cc1c(C(=O)/C=C/c2ccc(N(C)C)cc2)nnn1-c1ccc(Br)cc1. The summed E-state index contributed by atoms with van der Waals surface area (Å²) in [6, 6.07) is 15.7. The number of ketones is 1. The van der Waals surface area contributed by atoms with Gasteiger partial charge in [0.05, 0.1) is 11.4 Å². The number of aromatic nitrogens is 3. The fourth-order valence-electron chi connectivity index (χ4n) is 2.52. The van der Waals surface area contributed by atoms with Crippen LogP contribution >= 0.6 is 15.9 Å². The average molecular weight is 411 g/mol. The molecule has 1 heterocycles.